The zero-order valence-corrected chi connectivity index (χ0v) is 9.06. The molecule has 1 amide bonds. The number of nitrogens with one attached hydrogen (secondary N) is 1. The molecule has 5 N–H and O–H groups in total. The molecule has 3 atom stereocenters. The molecule has 3 unspecified atom stereocenters. The predicted octanol–water partition coefficient (Wildman–Crippen LogP) is -0.934. The molecule has 0 saturated heterocycles. The topological polar surface area (TPSA) is 113 Å². The van der Waals surface area contributed by atoms with Crippen LogP contribution < -0.4 is 11.1 Å². The first-order chi connectivity index (χ1) is 7.54. The van der Waals surface area contributed by atoms with Crippen LogP contribution in [-0.2, 0) is 9.59 Å². The number of aliphatic hydroxyl groups excluding tert-OH is 1. The van der Waals surface area contributed by atoms with Gasteiger partial charge in [-0.15, -0.1) is 0 Å². The molecule has 0 aromatic rings. The van der Waals surface area contributed by atoms with Crippen LogP contribution in [0, 0.1) is 5.92 Å². The minimum absolute atomic E-state index is 0.0276. The monoisotopic (exact) mass is 230 g/mol. The maximum absolute atomic E-state index is 11.7. The number of rotatable bonds is 5. The Bertz CT molecular complexity index is 270. The van der Waals surface area contributed by atoms with Gasteiger partial charge in [0.2, 0.25) is 5.91 Å². The van der Waals surface area contributed by atoms with Crippen LogP contribution in [0.25, 0.3) is 0 Å². The molecule has 1 aliphatic carbocycles. The number of carboxylic acids is 1. The molecule has 6 nitrogen and oxygen atoms in total. The summed E-state index contributed by atoms with van der Waals surface area (Å²) in [6.45, 7) is -0.262. The Balaban J connectivity index is 2.45. The summed E-state index contributed by atoms with van der Waals surface area (Å²) in [6, 6.07) is -0.966. The molecule has 0 aromatic heterocycles. The van der Waals surface area contributed by atoms with Crippen LogP contribution in [0.5, 0.6) is 0 Å². The van der Waals surface area contributed by atoms with Crippen molar-refractivity contribution >= 4 is 11.9 Å². The molecule has 0 heterocycles. The van der Waals surface area contributed by atoms with E-state index in [4.69, 9.17) is 15.9 Å². The van der Waals surface area contributed by atoms with Gasteiger partial charge in [0, 0.05) is 25.0 Å². The van der Waals surface area contributed by atoms with E-state index in [9.17, 15) is 9.59 Å². The number of hydrogen-bond acceptors (Lipinski definition) is 4. The van der Waals surface area contributed by atoms with Crippen LogP contribution in [0.3, 0.4) is 0 Å². The van der Waals surface area contributed by atoms with Gasteiger partial charge in [0.1, 0.15) is 6.04 Å². The van der Waals surface area contributed by atoms with Crippen LogP contribution >= 0.6 is 0 Å². The number of nitrogens with two attached hydrogens (primary N) is 1. The molecule has 0 bridgehead atoms. The lowest BCUT2D eigenvalue weighted by molar-refractivity contribution is -0.142. The van der Waals surface area contributed by atoms with Crippen LogP contribution in [0.2, 0.25) is 0 Å². The molecular formula is C10H18N2O4. The van der Waals surface area contributed by atoms with Crippen molar-refractivity contribution in [3.05, 3.63) is 0 Å². The second kappa shape index (κ2) is 5.81. The third-order valence-corrected chi connectivity index (χ3v) is 2.88. The van der Waals surface area contributed by atoms with Gasteiger partial charge < -0.3 is 21.3 Å². The van der Waals surface area contributed by atoms with Crippen molar-refractivity contribution in [3.8, 4) is 0 Å². The van der Waals surface area contributed by atoms with E-state index in [2.05, 4.69) is 5.32 Å². The zero-order chi connectivity index (χ0) is 12.1. The quantitative estimate of drug-likeness (QED) is 0.487. The lowest BCUT2D eigenvalue weighted by Crippen LogP contribution is -2.43. The van der Waals surface area contributed by atoms with Gasteiger partial charge in [0.15, 0.2) is 0 Å². The van der Waals surface area contributed by atoms with Crippen molar-refractivity contribution in [1.82, 2.24) is 5.32 Å². The third-order valence-electron chi connectivity index (χ3n) is 2.88. The van der Waals surface area contributed by atoms with Gasteiger partial charge in [-0.1, -0.05) is 0 Å². The molecule has 6 heteroatoms. The highest BCUT2D eigenvalue weighted by Crippen LogP contribution is 2.24. The molecule has 1 fully saturated rings. The summed E-state index contributed by atoms with van der Waals surface area (Å²) in [5.41, 5.74) is 5.68. The average molecular weight is 230 g/mol. The Kier molecular flexibility index (Phi) is 4.70. The summed E-state index contributed by atoms with van der Waals surface area (Å²) in [6.07, 6.45) is 2.14. The van der Waals surface area contributed by atoms with Gasteiger partial charge in [0.05, 0.1) is 0 Å². The number of carbonyl (C=O) groups is 2. The van der Waals surface area contributed by atoms with Crippen molar-refractivity contribution < 1.29 is 19.8 Å². The lowest BCUT2D eigenvalue weighted by Gasteiger charge is -2.16. The molecule has 0 radical (unpaired) electrons. The fourth-order valence-electron chi connectivity index (χ4n) is 1.93. The van der Waals surface area contributed by atoms with Crippen LogP contribution in [-0.4, -0.2) is 40.8 Å². The van der Waals surface area contributed by atoms with E-state index in [-0.39, 0.29) is 30.9 Å². The second-order valence-electron chi connectivity index (χ2n) is 4.18. The van der Waals surface area contributed by atoms with Crippen molar-refractivity contribution in [2.24, 2.45) is 11.7 Å². The van der Waals surface area contributed by atoms with Gasteiger partial charge in [-0.3, -0.25) is 4.79 Å². The van der Waals surface area contributed by atoms with Crippen molar-refractivity contribution in [2.75, 3.05) is 6.61 Å². The van der Waals surface area contributed by atoms with E-state index < -0.39 is 12.0 Å². The number of aliphatic carboxylic acids is 1. The van der Waals surface area contributed by atoms with Crippen molar-refractivity contribution in [1.29, 1.82) is 0 Å². The fraction of sp³-hybridized carbons (Fsp3) is 0.800. The van der Waals surface area contributed by atoms with E-state index >= 15 is 0 Å². The highest BCUT2D eigenvalue weighted by atomic mass is 16.4. The molecule has 0 aromatic carbocycles. The van der Waals surface area contributed by atoms with E-state index in [0.29, 0.717) is 12.8 Å². The normalized spacial score (nSPS) is 26.4. The molecule has 1 saturated carbocycles. The van der Waals surface area contributed by atoms with E-state index in [1.807, 2.05) is 0 Å². The van der Waals surface area contributed by atoms with Crippen LogP contribution in [0.4, 0.5) is 0 Å². The second-order valence-corrected chi connectivity index (χ2v) is 4.18. The fourth-order valence-corrected chi connectivity index (χ4v) is 1.93. The molecule has 16 heavy (non-hydrogen) atoms. The summed E-state index contributed by atoms with van der Waals surface area (Å²) in [4.78, 5) is 22.4. The molecule has 92 valence electrons. The number of carboxylic acid groups (broad SMARTS) is 1. The summed E-state index contributed by atoms with van der Waals surface area (Å²) >= 11 is 0. The highest BCUT2D eigenvalue weighted by molar-refractivity contribution is 5.85. The third kappa shape index (κ3) is 3.46. The average Bonchev–Trinajstić information content (AvgIpc) is 2.64. The molecular weight excluding hydrogens is 212 g/mol. The minimum Gasteiger partial charge on any atom is -0.480 e. The number of aliphatic hydroxyl groups is 1. The largest absolute Gasteiger partial charge is 0.480 e. The Hall–Kier alpha value is -1.14. The summed E-state index contributed by atoms with van der Waals surface area (Å²) in [7, 11) is 0. The first-order valence-corrected chi connectivity index (χ1v) is 5.44. The first kappa shape index (κ1) is 12.9. The molecule has 1 aliphatic rings. The smallest absolute Gasteiger partial charge is 0.326 e. The first-order valence-electron chi connectivity index (χ1n) is 5.44. The SMILES string of the molecule is NC1CCC(C(=O)NC(CCO)C(=O)O)C1. The van der Waals surface area contributed by atoms with Crippen LogP contribution in [0.1, 0.15) is 25.7 Å². The van der Waals surface area contributed by atoms with Gasteiger partial charge in [-0.2, -0.15) is 0 Å². The summed E-state index contributed by atoms with van der Waals surface area (Å²) in [5.74, 6) is -1.57. The van der Waals surface area contributed by atoms with Gasteiger partial charge in [0.25, 0.3) is 0 Å². The Morgan fingerprint density at radius 3 is 2.56 bits per heavy atom. The lowest BCUT2D eigenvalue weighted by atomic mass is 10.1. The van der Waals surface area contributed by atoms with Crippen molar-refractivity contribution in [2.45, 2.75) is 37.8 Å². The highest BCUT2D eigenvalue weighted by Gasteiger charge is 2.30. The van der Waals surface area contributed by atoms with E-state index in [1.165, 1.54) is 0 Å². The maximum atomic E-state index is 11.7. The van der Waals surface area contributed by atoms with E-state index in [0.717, 1.165) is 6.42 Å². The Morgan fingerprint density at radius 2 is 2.12 bits per heavy atom. The number of amides is 1. The molecule has 1 rings (SSSR count). The van der Waals surface area contributed by atoms with Gasteiger partial charge in [-0.05, 0) is 19.3 Å². The summed E-state index contributed by atoms with van der Waals surface area (Å²) in [5, 5.41) is 19.9. The standard InChI is InChI=1S/C10H18N2O4/c11-7-2-1-6(5-7)9(14)12-8(3-4-13)10(15)16/h6-8,13H,1-5,11H2,(H,12,14)(H,15,16). The van der Waals surface area contributed by atoms with Gasteiger partial charge >= 0.3 is 5.97 Å². The Labute approximate surface area is 93.8 Å². The Morgan fingerprint density at radius 1 is 1.44 bits per heavy atom. The summed E-state index contributed by atoms with van der Waals surface area (Å²) < 4.78 is 0. The van der Waals surface area contributed by atoms with Gasteiger partial charge in [-0.25, -0.2) is 4.79 Å². The van der Waals surface area contributed by atoms with Crippen molar-refractivity contribution in [3.63, 3.8) is 0 Å². The maximum Gasteiger partial charge on any atom is 0.326 e. The molecule has 0 spiro atoms. The van der Waals surface area contributed by atoms with E-state index in [1.54, 1.807) is 0 Å². The minimum atomic E-state index is -1.12. The molecule has 0 aliphatic heterocycles. The number of carbonyl (C=O) groups excluding carboxylic acids is 1. The number of hydrogen-bond donors (Lipinski definition) is 4. The predicted molar refractivity (Wildman–Crippen MR) is 56.6 cm³/mol. The zero-order valence-electron chi connectivity index (χ0n) is 9.06. The van der Waals surface area contributed by atoms with Crippen LogP contribution in [0.15, 0.2) is 0 Å².